The molecule has 0 radical (unpaired) electrons. The van der Waals surface area contributed by atoms with Gasteiger partial charge >= 0.3 is 0 Å². The Morgan fingerprint density at radius 1 is 1.77 bits per heavy atom. The molecular formula is C10H19NO2. The zero-order valence-corrected chi connectivity index (χ0v) is 8.28. The first-order valence-corrected chi connectivity index (χ1v) is 4.83. The van der Waals surface area contributed by atoms with E-state index in [1.807, 2.05) is 6.08 Å². The van der Waals surface area contributed by atoms with Crippen molar-refractivity contribution in [3.8, 4) is 0 Å². The smallest absolute Gasteiger partial charge is 0.0960 e. The lowest BCUT2D eigenvalue weighted by molar-refractivity contribution is -0.0845. The van der Waals surface area contributed by atoms with E-state index in [0.717, 1.165) is 32.5 Å². The lowest BCUT2D eigenvalue weighted by atomic mass is 10.1. The molecule has 76 valence electrons. The number of hydrogen-bond donors (Lipinski definition) is 1. The van der Waals surface area contributed by atoms with Crippen molar-refractivity contribution < 1.29 is 9.84 Å². The predicted molar refractivity (Wildman–Crippen MR) is 52.7 cm³/mol. The van der Waals surface area contributed by atoms with Crippen LogP contribution >= 0.6 is 0 Å². The first-order chi connectivity index (χ1) is 6.24. The van der Waals surface area contributed by atoms with Gasteiger partial charge in [-0.15, -0.1) is 6.58 Å². The molecule has 1 rings (SSSR count). The predicted octanol–water partition coefficient (Wildman–Crippen LogP) is 0.644. The summed E-state index contributed by atoms with van der Waals surface area (Å²) in [7, 11) is 2.05. The highest BCUT2D eigenvalue weighted by Crippen LogP contribution is 2.11. The molecule has 1 aliphatic rings. The van der Waals surface area contributed by atoms with Gasteiger partial charge in [0.15, 0.2) is 0 Å². The molecule has 1 heterocycles. The van der Waals surface area contributed by atoms with Crippen LogP contribution in [0.5, 0.6) is 0 Å². The van der Waals surface area contributed by atoms with Crippen molar-refractivity contribution in [1.82, 2.24) is 4.90 Å². The molecular weight excluding hydrogens is 166 g/mol. The van der Waals surface area contributed by atoms with E-state index in [2.05, 4.69) is 18.5 Å². The van der Waals surface area contributed by atoms with Gasteiger partial charge in [-0.3, -0.25) is 0 Å². The minimum absolute atomic E-state index is 0.0151. The van der Waals surface area contributed by atoms with E-state index in [9.17, 15) is 5.11 Å². The van der Waals surface area contributed by atoms with Crippen molar-refractivity contribution in [3.63, 3.8) is 0 Å². The van der Waals surface area contributed by atoms with Gasteiger partial charge in [-0.05, 0) is 19.9 Å². The highest BCUT2D eigenvalue weighted by atomic mass is 16.5. The molecule has 1 saturated heterocycles. The molecule has 0 saturated carbocycles. The molecule has 0 spiro atoms. The summed E-state index contributed by atoms with van der Waals surface area (Å²) >= 11 is 0. The van der Waals surface area contributed by atoms with Crippen LogP contribution in [0.1, 0.15) is 12.8 Å². The molecule has 0 aromatic carbocycles. The Balaban J connectivity index is 2.27. The third-order valence-electron chi connectivity index (χ3n) is 2.39. The largest absolute Gasteiger partial charge is 0.390 e. The zero-order chi connectivity index (χ0) is 9.68. The Bertz CT molecular complexity index is 161. The normalized spacial score (nSPS) is 27.1. The molecule has 2 atom stereocenters. The van der Waals surface area contributed by atoms with Crippen LogP contribution in [0.25, 0.3) is 0 Å². The van der Waals surface area contributed by atoms with Crippen LogP contribution in [0.15, 0.2) is 12.7 Å². The summed E-state index contributed by atoms with van der Waals surface area (Å²) in [6.07, 6.45) is 3.07. The first kappa shape index (κ1) is 10.7. The van der Waals surface area contributed by atoms with Gasteiger partial charge in [0, 0.05) is 13.1 Å². The number of morpholine rings is 1. The van der Waals surface area contributed by atoms with E-state index in [1.165, 1.54) is 0 Å². The standard InChI is InChI=1S/C10H19NO2/c1-3-4-5-9(12)10-8-11(2)6-7-13-10/h3,9-10,12H,1,4-8H2,2H3. The molecule has 13 heavy (non-hydrogen) atoms. The maximum absolute atomic E-state index is 9.72. The lowest BCUT2D eigenvalue weighted by Gasteiger charge is -2.32. The van der Waals surface area contributed by atoms with E-state index in [0.29, 0.717) is 0 Å². The number of likely N-dealkylation sites (N-methyl/N-ethyl adjacent to an activating group) is 1. The van der Waals surface area contributed by atoms with E-state index in [-0.39, 0.29) is 12.2 Å². The SMILES string of the molecule is C=CCCC(O)C1CN(C)CCO1. The minimum Gasteiger partial charge on any atom is -0.390 e. The summed E-state index contributed by atoms with van der Waals surface area (Å²) in [5, 5.41) is 9.72. The molecule has 0 aromatic rings. The Morgan fingerprint density at radius 2 is 2.54 bits per heavy atom. The number of aliphatic hydroxyl groups is 1. The van der Waals surface area contributed by atoms with Gasteiger partial charge in [-0.2, -0.15) is 0 Å². The topological polar surface area (TPSA) is 32.7 Å². The summed E-state index contributed by atoms with van der Waals surface area (Å²) in [5.74, 6) is 0. The number of nitrogens with zero attached hydrogens (tertiary/aromatic N) is 1. The molecule has 2 unspecified atom stereocenters. The van der Waals surface area contributed by atoms with Crippen LogP contribution in [-0.2, 0) is 4.74 Å². The van der Waals surface area contributed by atoms with Crippen LogP contribution in [-0.4, -0.2) is 49.0 Å². The van der Waals surface area contributed by atoms with Gasteiger partial charge in [0.1, 0.15) is 0 Å². The second-order valence-corrected chi connectivity index (χ2v) is 3.60. The van der Waals surface area contributed by atoms with Gasteiger partial charge in [-0.25, -0.2) is 0 Å². The van der Waals surface area contributed by atoms with Crippen LogP contribution in [0.4, 0.5) is 0 Å². The van der Waals surface area contributed by atoms with Crippen LogP contribution in [0.3, 0.4) is 0 Å². The van der Waals surface area contributed by atoms with Gasteiger partial charge in [0.25, 0.3) is 0 Å². The number of hydrogen-bond acceptors (Lipinski definition) is 3. The van der Waals surface area contributed by atoms with Crippen molar-refractivity contribution >= 4 is 0 Å². The average molecular weight is 185 g/mol. The molecule has 0 aliphatic carbocycles. The number of aliphatic hydroxyl groups excluding tert-OH is 1. The minimum atomic E-state index is -0.347. The summed E-state index contributed by atoms with van der Waals surface area (Å²) in [4.78, 5) is 2.19. The Kier molecular flexibility index (Phi) is 4.42. The molecule has 1 N–H and O–H groups in total. The first-order valence-electron chi connectivity index (χ1n) is 4.83. The molecule has 0 aromatic heterocycles. The highest BCUT2D eigenvalue weighted by molar-refractivity contribution is 4.78. The maximum Gasteiger partial charge on any atom is 0.0960 e. The summed E-state index contributed by atoms with van der Waals surface area (Å²) < 4.78 is 5.48. The van der Waals surface area contributed by atoms with Crippen molar-refractivity contribution in [3.05, 3.63) is 12.7 Å². The fourth-order valence-electron chi connectivity index (χ4n) is 1.52. The van der Waals surface area contributed by atoms with Crippen LogP contribution in [0.2, 0.25) is 0 Å². The van der Waals surface area contributed by atoms with Crippen LogP contribution < -0.4 is 0 Å². The lowest BCUT2D eigenvalue weighted by Crippen LogP contribution is -2.45. The molecule has 3 nitrogen and oxygen atoms in total. The Hall–Kier alpha value is -0.380. The Morgan fingerprint density at radius 3 is 3.15 bits per heavy atom. The third kappa shape index (κ3) is 3.46. The monoisotopic (exact) mass is 185 g/mol. The number of ether oxygens (including phenoxy) is 1. The van der Waals surface area contributed by atoms with E-state index in [4.69, 9.17) is 4.74 Å². The maximum atomic E-state index is 9.72. The summed E-state index contributed by atoms with van der Waals surface area (Å²) in [6.45, 7) is 6.15. The van der Waals surface area contributed by atoms with Crippen molar-refractivity contribution in [2.45, 2.75) is 25.0 Å². The van der Waals surface area contributed by atoms with E-state index < -0.39 is 0 Å². The number of allylic oxidation sites excluding steroid dienone is 1. The van der Waals surface area contributed by atoms with Crippen LogP contribution in [0, 0.1) is 0 Å². The summed E-state index contributed by atoms with van der Waals surface area (Å²) in [5.41, 5.74) is 0. The second kappa shape index (κ2) is 5.37. The number of rotatable bonds is 4. The molecule has 0 amide bonds. The zero-order valence-electron chi connectivity index (χ0n) is 8.28. The molecule has 3 heteroatoms. The third-order valence-corrected chi connectivity index (χ3v) is 2.39. The van der Waals surface area contributed by atoms with Crippen molar-refractivity contribution in [2.75, 3.05) is 26.7 Å². The fraction of sp³-hybridized carbons (Fsp3) is 0.800. The summed E-state index contributed by atoms with van der Waals surface area (Å²) in [6, 6.07) is 0. The molecule has 1 fully saturated rings. The van der Waals surface area contributed by atoms with Crippen molar-refractivity contribution in [1.29, 1.82) is 0 Å². The van der Waals surface area contributed by atoms with Crippen molar-refractivity contribution in [2.24, 2.45) is 0 Å². The molecule has 0 bridgehead atoms. The van der Waals surface area contributed by atoms with Gasteiger partial charge in [0.2, 0.25) is 0 Å². The van der Waals surface area contributed by atoms with E-state index in [1.54, 1.807) is 0 Å². The van der Waals surface area contributed by atoms with E-state index >= 15 is 0 Å². The second-order valence-electron chi connectivity index (χ2n) is 3.60. The quantitative estimate of drug-likeness (QED) is 0.653. The Labute approximate surface area is 80.0 Å². The molecule has 1 aliphatic heterocycles. The fourth-order valence-corrected chi connectivity index (χ4v) is 1.52. The average Bonchev–Trinajstić information content (AvgIpc) is 2.14. The van der Waals surface area contributed by atoms with Gasteiger partial charge in [-0.1, -0.05) is 6.08 Å². The van der Waals surface area contributed by atoms with Gasteiger partial charge < -0.3 is 14.7 Å². The highest BCUT2D eigenvalue weighted by Gasteiger charge is 2.24. The van der Waals surface area contributed by atoms with Gasteiger partial charge in [0.05, 0.1) is 18.8 Å².